The van der Waals surface area contributed by atoms with E-state index in [4.69, 9.17) is 9.47 Å². The number of hydrogen-bond acceptors (Lipinski definition) is 5. The first-order chi connectivity index (χ1) is 11.2. The van der Waals surface area contributed by atoms with E-state index >= 15 is 0 Å². The number of carbonyl (C=O) groups is 2. The highest BCUT2D eigenvalue weighted by Crippen LogP contribution is 2.14. The smallest absolute Gasteiger partial charge is 0.407 e. The van der Waals surface area contributed by atoms with E-state index in [2.05, 4.69) is 10.1 Å². The molecule has 0 saturated heterocycles. The van der Waals surface area contributed by atoms with Gasteiger partial charge in [-0.1, -0.05) is 0 Å². The molecule has 0 radical (unpaired) electrons. The van der Waals surface area contributed by atoms with Gasteiger partial charge in [-0.3, -0.25) is 0 Å². The number of benzene rings is 1. The van der Waals surface area contributed by atoms with Gasteiger partial charge in [0.15, 0.2) is 0 Å². The molecule has 7 heteroatoms. The minimum absolute atomic E-state index is 0.0361. The van der Waals surface area contributed by atoms with Crippen molar-refractivity contribution in [1.29, 1.82) is 0 Å². The van der Waals surface area contributed by atoms with Crippen LogP contribution < -0.4 is 10.1 Å². The molecule has 1 N–H and O–H groups in total. The second-order valence-corrected chi connectivity index (χ2v) is 5.93. The predicted octanol–water partition coefficient (Wildman–Crippen LogP) is 3.23. The zero-order valence-electron chi connectivity index (χ0n) is 14.2. The third kappa shape index (κ3) is 7.13. The van der Waals surface area contributed by atoms with Crippen molar-refractivity contribution in [2.45, 2.75) is 26.4 Å². The van der Waals surface area contributed by atoms with E-state index < -0.39 is 17.7 Å². The van der Waals surface area contributed by atoms with Gasteiger partial charge in [-0.05, 0) is 45.0 Å². The fraction of sp³-hybridized carbons (Fsp3) is 0.412. The molecule has 24 heavy (non-hydrogen) atoms. The summed E-state index contributed by atoms with van der Waals surface area (Å²) in [5, 5.41) is 2.45. The first-order valence-electron chi connectivity index (χ1n) is 7.31. The number of amides is 1. The number of carbonyl (C=O) groups excluding carboxylic acids is 2. The lowest BCUT2D eigenvalue weighted by atomic mass is 10.2. The topological polar surface area (TPSA) is 73.9 Å². The van der Waals surface area contributed by atoms with Crippen molar-refractivity contribution in [1.82, 2.24) is 5.32 Å². The SMILES string of the molecule is COC(=O)c1ccc(OC/C(=C\F)CNC(=O)OC(C)(C)C)cc1. The maximum atomic E-state index is 12.9. The van der Waals surface area contributed by atoms with Crippen molar-refractivity contribution in [3.8, 4) is 5.75 Å². The van der Waals surface area contributed by atoms with Crippen LogP contribution in [0.25, 0.3) is 0 Å². The van der Waals surface area contributed by atoms with Gasteiger partial charge in [-0.15, -0.1) is 0 Å². The molecule has 0 atom stereocenters. The molecule has 0 fully saturated rings. The number of alkyl carbamates (subject to hydrolysis) is 1. The molecule has 0 aromatic heterocycles. The molecule has 0 heterocycles. The lowest BCUT2D eigenvalue weighted by Gasteiger charge is -2.20. The highest BCUT2D eigenvalue weighted by atomic mass is 19.1. The minimum Gasteiger partial charge on any atom is -0.489 e. The molecule has 6 nitrogen and oxygen atoms in total. The molecule has 1 aromatic carbocycles. The lowest BCUT2D eigenvalue weighted by Crippen LogP contribution is -2.34. The molecular weight excluding hydrogens is 317 g/mol. The fourth-order valence-corrected chi connectivity index (χ4v) is 1.60. The van der Waals surface area contributed by atoms with Crippen molar-refractivity contribution in [2.75, 3.05) is 20.3 Å². The van der Waals surface area contributed by atoms with Crippen LogP contribution in [0, 0.1) is 0 Å². The Labute approximate surface area is 140 Å². The van der Waals surface area contributed by atoms with Gasteiger partial charge in [0.1, 0.15) is 18.0 Å². The van der Waals surface area contributed by atoms with E-state index in [1.54, 1.807) is 45.0 Å². The van der Waals surface area contributed by atoms with Gasteiger partial charge in [0, 0.05) is 12.1 Å². The minimum atomic E-state index is -0.635. The molecule has 0 bridgehead atoms. The molecule has 1 aromatic rings. The average molecular weight is 339 g/mol. The summed E-state index contributed by atoms with van der Waals surface area (Å²) in [6.45, 7) is 5.12. The van der Waals surface area contributed by atoms with Gasteiger partial charge < -0.3 is 19.5 Å². The second kappa shape index (κ2) is 8.90. The van der Waals surface area contributed by atoms with E-state index in [9.17, 15) is 14.0 Å². The van der Waals surface area contributed by atoms with E-state index in [0.29, 0.717) is 17.6 Å². The molecule has 0 spiro atoms. The number of nitrogens with one attached hydrogen (secondary N) is 1. The second-order valence-electron chi connectivity index (χ2n) is 5.93. The van der Waals surface area contributed by atoms with Crippen LogP contribution in [-0.4, -0.2) is 37.9 Å². The molecule has 0 saturated carbocycles. The third-order valence-corrected chi connectivity index (χ3v) is 2.71. The lowest BCUT2D eigenvalue weighted by molar-refractivity contribution is 0.0530. The van der Waals surface area contributed by atoms with Crippen LogP contribution >= 0.6 is 0 Å². The van der Waals surface area contributed by atoms with Crippen LogP contribution in [0.3, 0.4) is 0 Å². The number of ether oxygens (including phenoxy) is 3. The average Bonchev–Trinajstić information content (AvgIpc) is 2.53. The number of halogens is 1. The zero-order chi connectivity index (χ0) is 18.2. The number of rotatable bonds is 6. The van der Waals surface area contributed by atoms with E-state index in [1.807, 2.05) is 0 Å². The highest BCUT2D eigenvalue weighted by molar-refractivity contribution is 5.89. The predicted molar refractivity (Wildman–Crippen MR) is 86.7 cm³/mol. The maximum absolute atomic E-state index is 12.9. The Bertz CT molecular complexity index is 590. The van der Waals surface area contributed by atoms with Crippen LogP contribution in [0.2, 0.25) is 0 Å². The van der Waals surface area contributed by atoms with Crippen molar-refractivity contribution in [3.63, 3.8) is 0 Å². The molecule has 0 aliphatic carbocycles. The summed E-state index contributed by atoms with van der Waals surface area (Å²) in [5.41, 5.74) is -0.00252. The van der Waals surface area contributed by atoms with Gasteiger partial charge >= 0.3 is 12.1 Å². The summed E-state index contributed by atoms with van der Waals surface area (Å²) in [7, 11) is 1.29. The Balaban J connectivity index is 2.47. The quantitative estimate of drug-likeness (QED) is 0.806. The van der Waals surface area contributed by atoms with Crippen LogP contribution in [0.5, 0.6) is 5.75 Å². The summed E-state index contributed by atoms with van der Waals surface area (Å²) in [6.07, 6.45) is -0.260. The Morgan fingerprint density at radius 3 is 2.33 bits per heavy atom. The van der Waals surface area contributed by atoms with Gasteiger partial charge in [0.05, 0.1) is 19.0 Å². The Morgan fingerprint density at radius 2 is 1.83 bits per heavy atom. The summed E-state index contributed by atoms with van der Waals surface area (Å²) in [4.78, 5) is 22.8. The van der Waals surface area contributed by atoms with Crippen LogP contribution in [0.1, 0.15) is 31.1 Å². The highest BCUT2D eigenvalue weighted by Gasteiger charge is 2.16. The summed E-state index contributed by atoms with van der Waals surface area (Å²) in [6, 6.07) is 6.23. The summed E-state index contributed by atoms with van der Waals surface area (Å²) in [5.74, 6) is 0.00623. The van der Waals surface area contributed by atoms with Crippen LogP contribution in [-0.2, 0) is 9.47 Å². The van der Waals surface area contributed by atoms with Gasteiger partial charge in [-0.25, -0.2) is 14.0 Å². The largest absolute Gasteiger partial charge is 0.489 e. The van der Waals surface area contributed by atoms with Gasteiger partial charge in [-0.2, -0.15) is 0 Å². The monoisotopic (exact) mass is 339 g/mol. The normalized spacial score (nSPS) is 11.6. The molecule has 132 valence electrons. The van der Waals surface area contributed by atoms with Crippen LogP contribution in [0.15, 0.2) is 36.2 Å². The van der Waals surface area contributed by atoms with Gasteiger partial charge in [0.25, 0.3) is 0 Å². The van der Waals surface area contributed by atoms with E-state index in [1.165, 1.54) is 7.11 Å². The summed E-state index contributed by atoms with van der Waals surface area (Å²) < 4.78 is 27.9. The van der Waals surface area contributed by atoms with Crippen molar-refractivity contribution in [3.05, 3.63) is 41.7 Å². The molecule has 0 unspecified atom stereocenters. The Kier molecular flexibility index (Phi) is 7.23. The maximum Gasteiger partial charge on any atom is 0.407 e. The molecule has 0 aliphatic rings. The Morgan fingerprint density at radius 1 is 1.21 bits per heavy atom. The molecule has 0 aliphatic heterocycles. The first kappa shape index (κ1) is 19.5. The third-order valence-electron chi connectivity index (χ3n) is 2.71. The van der Waals surface area contributed by atoms with Crippen molar-refractivity contribution >= 4 is 12.1 Å². The van der Waals surface area contributed by atoms with Crippen molar-refractivity contribution in [2.24, 2.45) is 0 Å². The summed E-state index contributed by atoms with van der Waals surface area (Å²) >= 11 is 0. The fourth-order valence-electron chi connectivity index (χ4n) is 1.60. The number of esters is 1. The van der Waals surface area contributed by atoms with E-state index in [0.717, 1.165) is 0 Å². The number of methoxy groups -OCH3 is 1. The number of hydrogen-bond donors (Lipinski definition) is 1. The van der Waals surface area contributed by atoms with Crippen LogP contribution in [0.4, 0.5) is 9.18 Å². The molecule has 1 amide bonds. The standard InChI is InChI=1S/C17H22FNO5/c1-17(2,3)24-16(21)19-10-12(9-18)11-23-14-7-5-13(6-8-14)15(20)22-4/h5-9H,10-11H2,1-4H3,(H,19,21)/b12-9-. The molecule has 1 rings (SSSR count). The molecular formula is C17H22FNO5. The first-order valence-corrected chi connectivity index (χ1v) is 7.31. The van der Waals surface area contributed by atoms with Gasteiger partial charge in [0.2, 0.25) is 0 Å². The zero-order valence-corrected chi connectivity index (χ0v) is 14.2. The van der Waals surface area contributed by atoms with Crippen molar-refractivity contribution < 1.29 is 28.2 Å². The Hall–Kier alpha value is -2.57. The van der Waals surface area contributed by atoms with E-state index in [-0.39, 0.29) is 18.7 Å².